The number of allylic oxidation sites excluding steroid dienone is 3. The van der Waals surface area contributed by atoms with E-state index < -0.39 is 8.32 Å². The van der Waals surface area contributed by atoms with Gasteiger partial charge in [-0.05, 0) is 62.6 Å². The third-order valence-corrected chi connectivity index (χ3v) is 10.1. The van der Waals surface area contributed by atoms with Gasteiger partial charge in [0.05, 0.1) is 5.60 Å². The average Bonchev–Trinajstić information content (AvgIpc) is 2.34. The van der Waals surface area contributed by atoms with Crippen LogP contribution in [0.15, 0.2) is 24.3 Å². The van der Waals surface area contributed by atoms with Crippen molar-refractivity contribution in [2.45, 2.75) is 91.0 Å². The molecule has 0 saturated heterocycles. The molecule has 0 saturated carbocycles. The van der Waals surface area contributed by atoms with Crippen LogP contribution in [0.25, 0.3) is 0 Å². The Morgan fingerprint density at radius 1 is 1.14 bits per heavy atom. The first-order chi connectivity index (χ1) is 9.97. The van der Waals surface area contributed by atoms with Crippen LogP contribution >= 0.6 is 0 Å². The van der Waals surface area contributed by atoms with E-state index in [4.69, 9.17) is 4.43 Å². The van der Waals surface area contributed by atoms with Crippen molar-refractivity contribution in [3.05, 3.63) is 24.3 Å². The van der Waals surface area contributed by atoms with E-state index in [0.717, 1.165) is 12.8 Å². The summed E-state index contributed by atoms with van der Waals surface area (Å²) < 4.78 is 6.81. The predicted octanol–water partition coefficient (Wildman–Crippen LogP) is 6.73. The quantitative estimate of drug-likeness (QED) is 0.413. The maximum atomic E-state index is 6.81. The molecule has 0 amide bonds. The van der Waals surface area contributed by atoms with E-state index in [0.29, 0.717) is 11.8 Å². The van der Waals surface area contributed by atoms with Crippen LogP contribution in [0.4, 0.5) is 0 Å². The van der Waals surface area contributed by atoms with Crippen LogP contribution in [-0.2, 0) is 4.43 Å². The second kappa shape index (κ2) is 7.48. The SMILES string of the molecule is CC(C)[C@@H]1/C=C/[C@@](C)(O[Si](C)(C)C(C)(C)C)CC/C=C\CC1. The molecule has 0 aromatic carbocycles. The highest BCUT2D eigenvalue weighted by atomic mass is 28.4. The first-order valence-corrected chi connectivity index (χ1v) is 11.9. The summed E-state index contributed by atoms with van der Waals surface area (Å²) in [5, 5.41) is 0.256. The molecule has 1 aliphatic rings. The molecule has 0 aromatic rings. The summed E-state index contributed by atoms with van der Waals surface area (Å²) in [6.07, 6.45) is 14.2. The van der Waals surface area contributed by atoms with Crippen molar-refractivity contribution in [3.8, 4) is 0 Å². The number of hydrogen-bond acceptors (Lipinski definition) is 1. The van der Waals surface area contributed by atoms with Gasteiger partial charge in [-0.15, -0.1) is 0 Å². The molecule has 1 rings (SSSR count). The fraction of sp³-hybridized carbons (Fsp3) is 0.800. The molecular weight excluding hydrogens is 284 g/mol. The summed E-state index contributed by atoms with van der Waals surface area (Å²) in [6.45, 7) is 18.6. The highest BCUT2D eigenvalue weighted by Crippen LogP contribution is 2.41. The lowest BCUT2D eigenvalue weighted by Gasteiger charge is -2.43. The third-order valence-electron chi connectivity index (χ3n) is 5.49. The van der Waals surface area contributed by atoms with Crippen LogP contribution in [0.3, 0.4) is 0 Å². The Labute approximate surface area is 140 Å². The minimum absolute atomic E-state index is 0.127. The molecule has 0 fully saturated rings. The molecule has 2 atom stereocenters. The van der Waals surface area contributed by atoms with Crippen molar-refractivity contribution in [1.29, 1.82) is 0 Å². The van der Waals surface area contributed by atoms with Crippen LogP contribution in [0, 0.1) is 11.8 Å². The lowest BCUT2D eigenvalue weighted by Crippen LogP contribution is -2.48. The Kier molecular flexibility index (Phi) is 6.70. The van der Waals surface area contributed by atoms with E-state index in [1.165, 1.54) is 12.8 Å². The summed E-state index contributed by atoms with van der Waals surface area (Å²) in [4.78, 5) is 0. The first-order valence-electron chi connectivity index (χ1n) is 9.01. The van der Waals surface area contributed by atoms with Gasteiger partial charge in [-0.25, -0.2) is 0 Å². The van der Waals surface area contributed by atoms with Gasteiger partial charge in [0.1, 0.15) is 0 Å². The number of hydrogen-bond donors (Lipinski definition) is 0. The summed E-state index contributed by atoms with van der Waals surface area (Å²) in [7, 11) is -1.76. The number of rotatable bonds is 3. The maximum Gasteiger partial charge on any atom is 0.193 e. The van der Waals surface area contributed by atoms with E-state index in [2.05, 4.69) is 78.9 Å². The molecule has 1 nitrogen and oxygen atoms in total. The highest BCUT2D eigenvalue weighted by molar-refractivity contribution is 6.74. The van der Waals surface area contributed by atoms with Gasteiger partial charge in [0.15, 0.2) is 8.32 Å². The molecule has 128 valence electrons. The second-order valence-corrected chi connectivity index (χ2v) is 13.8. The minimum Gasteiger partial charge on any atom is -0.408 e. The molecule has 0 radical (unpaired) electrons. The predicted molar refractivity (Wildman–Crippen MR) is 102 cm³/mol. The maximum absolute atomic E-state index is 6.81. The van der Waals surface area contributed by atoms with Gasteiger partial charge >= 0.3 is 0 Å². The Morgan fingerprint density at radius 3 is 2.27 bits per heavy atom. The Hall–Kier alpha value is -0.343. The molecule has 0 spiro atoms. The molecule has 0 bridgehead atoms. The third kappa shape index (κ3) is 5.70. The van der Waals surface area contributed by atoms with Gasteiger partial charge in [0, 0.05) is 0 Å². The van der Waals surface area contributed by atoms with Crippen molar-refractivity contribution in [3.63, 3.8) is 0 Å². The van der Waals surface area contributed by atoms with Crippen LogP contribution in [0.1, 0.15) is 67.2 Å². The zero-order valence-corrected chi connectivity index (χ0v) is 17.2. The Morgan fingerprint density at radius 2 is 1.73 bits per heavy atom. The van der Waals surface area contributed by atoms with E-state index >= 15 is 0 Å². The van der Waals surface area contributed by atoms with Gasteiger partial charge in [-0.1, -0.05) is 58.9 Å². The largest absolute Gasteiger partial charge is 0.408 e. The molecule has 0 heterocycles. The minimum atomic E-state index is -1.76. The van der Waals surface area contributed by atoms with Crippen LogP contribution < -0.4 is 0 Å². The van der Waals surface area contributed by atoms with Gasteiger partial charge in [-0.2, -0.15) is 0 Å². The molecule has 2 heteroatoms. The first kappa shape index (κ1) is 19.7. The Balaban J connectivity index is 3.00. The van der Waals surface area contributed by atoms with Crippen LogP contribution in [-0.4, -0.2) is 13.9 Å². The normalized spacial score (nSPS) is 31.0. The molecule has 1 aliphatic carbocycles. The average molecular weight is 323 g/mol. The van der Waals surface area contributed by atoms with Gasteiger partial charge < -0.3 is 4.43 Å². The summed E-state index contributed by atoms with van der Waals surface area (Å²) in [6, 6.07) is 0. The molecule has 0 unspecified atom stereocenters. The Bertz CT molecular complexity index is 400. The summed E-state index contributed by atoms with van der Waals surface area (Å²) in [5.74, 6) is 1.35. The van der Waals surface area contributed by atoms with E-state index in [1.54, 1.807) is 0 Å². The van der Waals surface area contributed by atoms with Crippen molar-refractivity contribution in [2.75, 3.05) is 0 Å². The fourth-order valence-electron chi connectivity index (χ4n) is 2.78. The molecule has 0 aromatic heterocycles. The van der Waals surface area contributed by atoms with Crippen molar-refractivity contribution in [2.24, 2.45) is 11.8 Å². The lowest BCUT2D eigenvalue weighted by molar-refractivity contribution is 0.112. The fourth-order valence-corrected chi connectivity index (χ4v) is 4.42. The highest BCUT2D eigenvalue weighted by Gasteiger charge is 2.42. The molecular formula is C20H38OSi. The smallest absolute Gasteiger partial charge is 0.193 e. The van der Waals surface area contributed by atoms with Crippen LogP contribution in [0.5, 0.6) is 0 Å². The van der Waals surface area contributed by atoms with E-state index in [1.807, 2.05) is 0 Å². The monoisotopic (exact) mass is 322 g/mol. The van der Waals surface area contributed by atoms with Gasteiger partial charge in [-0.3, -0.25) is 0 Å². The zero-order valence-electron chi connectivity index (χ0n) is 16.2. The van der Waals surface area contributed by atoms with Crippen molar-refractivity contribution < 1.29 is 4.43 Å². The van der Waals surface area contributed by atoms with Crippen molar-refractivity contribution >= 4 is 8.32 Å². The van der Waals surface area contributed by atoms with Crippen LogP contribution in [0.2, 0.25) is 18.1 Å². The second-order valence-electron chi connectivity index (χ2n) is 9.03. The van der Waals surface area contributed by atoms with Gasteiger partial charge in [0.25, 0.3) is 0 Å². The van der Waals surface area contributed by atoms with E-state index in [-0.39, 0.29) is 10.6 Å². The zero-order chi connectivity index (χ0) is 17.0. The standard InChI is InChI=1S/C20H38OSi/c1-17(2)18-13-11-9-10-12-15-20(6,16-14-18)21-22(7,8)19(3,4)5/h9-10,14,16-18H,11-13,15H2,1-8H3/b10-9-,16-14+/t18-,20-/m0/s1. The molecule has 0 N–H and O–H groups in total. The lowest BCUT2D eigenvalue weighted by atomic mass is 9.87. The van der Waals surface area contributed by atoms with Crippen molar-refractivity contribution in [1.82, 2.24) is 0 Å². The molecule has 22 heavy (non-hydrogen) atoms. The topological polar surface area (TPSA) is 9.23 Å². The van der Waals surface area contributed by atoms with E-state index in [9.17, 15) is 0 Å². The van der Waals surface area contributed by atoms with Gasteiger partial charge in [0.2, 0.25) is 0 Å². The summed E-state index contributed by atoms with van der Waals surface area (Å²) >= 11 is 0. The molecule has 0 aliphatic heterocycles. The summed E-state index contributed by atoms with van der Waals surface area (Å²) in [5.41, 5.74) is -0.127.